The van der Waals surface area contributed by atoms with Crippen LogP contribution in [0.25, 0.3) is 0 Å². The number of fused-ring (bicyclic) bond motifs is 1. The normalized spacial score (nSPS) is 19.8. The van der Waals surface area contributed by atoms with Crippen molar-refractivity contribution in [3.63, 3.8) is 0 Å². The summed E-state index contributed by atoms with van der Waals surface area (Å²) in [5, 5.41) is 9.09. The van der Waals surface area contributed by atoms with Crippen LogP contribution in [0.5, 0.6) is 0 Å². The Hall–Kier alpha value is -4.36. The van der Waals surface area contributed by atoms with Gasteiger partial charge in [-0.25, -0.2) is 0 Å². The second-order valence-electron chi connectivity index (χ2n) is 14.4. The Morgan fingerprint density at radius 1 is 0.887 bits per heavy atom. The molecule has 1 heterocycles. The monoisotopic (exact) mass is 762 g/mol. The van der Waals surface area contributed by atoms with Crippen LogP contribution in [0.15, 0.2) is 123 Å². The summed E-state index contributed by atoms with van der Waals surface area (Å²) in [6.45, 7) is 10.8. The van der Waals surface area contributed by atoms with E-state index in [1.54, 1.807) is 12.1 Å². The number of aliphatic imine (C=N–C) groups is 1. The summed E-state index contributed by atoms with van der Waals surface area (Å²) in [4.78, 5) is 17.8. The van der Waals surface area contributed by atoms with Crippen molar-refractivity contribution in [1.82, 2.24) is 0 Å². The second kappa shape index (κ2) is 17.2. The number of hydrogen-bond donors (Lipinski definition) is 3. The minimum atomic E-state index is -4.45. The quantitative estimate of drug-likeness (QED) is 0.0865. The lowest BCUT2D eigenvalue weighted by Gasteiger charge is -2.29. The number of anilines is 1. The molecule has 0 aromatic heterocycles. The number of nitrogens with zero attached hydrogens (tertiary/aromatic N) is 2. The topological polar surface area (TPSA) is 162 Å². The zero-order valence-electron chi connectivity index (χ0n) is 31.0. The lowest BCUT2D eigenvalue weighted by molar-refractivity contribution is -0.137. The number of hydrogen-bond acceptors (Lipinski definition) is 7. The van der Waals surface area contributed by atoms with E-state index in [2.05, 4.69) is 17.1 Å². The smallest absolute Gasteiger partial charge is 0.303 e. The van der Waals surface area contributed by atoms with E-state index in [1.165, 1.54) is 29.8 Å². The summed E-state index contributed by atoms with van der Waals surface area (Å²) in [6.07, 6.45) is 23.4. The maximum absolute atomic E-state index is 12.1. The summed E-state index contributed by atoms with van der Waals surface area (Å²) >= 11 is 0. The first-order valence-electron chi connectivity index (χ1n) is 17.7. The Labute approximate surface area is 314 Å². The molecule has 53 heavy (non-hydrogen) atoms. The average Bonchev–Trinajstić information content (AvgIpc) is 3.26. The summed E-state index contributed by atoms with van der Waals surface area (Å²) in [6, 6.07) is 9.12. The highest BCUT2D eigenvalue weighted by Crippen LogP contribution is 2.48. The molecule has 0 saturated carbocycles. The van der Waals surface area contributed by atoms with Crippen LogP contribution in [0.4, 0.5) is 5.69 Å². The minimum Gasteiger partial charge on any atom is -0.481 e. The van der Waals surface area contributed by atoms with Crippen molar-refractivity contribution < 1.29 is 35.8 Å². The molecule has 2 aliphatic rings. The summed E-state index contributed by atoms with van der Waals surface area (Å²) in [7, 11) is -8.89. The predicted molar refractivity (Wildman–Crippen MR) is 211 cm³/mol. The molecule has 4 rings (SSSR count). The number of aryl methyl sites for hydroxylation is 1. The molecule has 2 aromatic rings. The van der Waals surface area contributed by atoms with E-state index in [4.69, 9.17) is 10.1 Å². The Kier molecular flexibility index (Phi) is 13.4. The first kappa shape index (κ1) is 41.4. The molecular formula is C41H50N2O8S2. The van der Waals surface area contributed by atoms with Crippen LogP contribution in [-0.4, -0.2) is 55.8 Å². The van der Waals surface area contributed by atoms with Gasteiger partial charge in [0.05, 0.1) is 9.79 Å². The first-order valence-corrected chi connectivity index (χ1v) is 20.6. The van der Waals surface area contributed by atoms with Gasteiger partial charge in [0.1, 0.15) is 0 Å². The number of allylic oxidation sites excluding steroid dienone is 12. The first-order chi connectivity index (χ1) is 24.8. The largest absolute Gasteiger partial charge is 0.481 e. The van der Waals surface area contributed by atoms with Gasteiger partial charge in [-0.2, -0.15) is 16.8 Å². The fourth-order valence-corrected chi connectivity index (χ4v) is 7.81. The van der Waals surface area contributed by atoms with Crippen molar-refractivity contribution in [2.45, 2.75) is 93.8 Å². The molecule has 0 radical (unpaired) electrons. The van der Waals surface area contributed by atoms with Gasteiger partial charge < -0.3 is 10.0 Å². The van der Waals surface area contributed by atoms with E-state index in [0.29, 0.717) is 43.6 Å². The van der Waals surface area contributed by atoms with Gasteiger partial charge in [-0.15, -0.1) is 0 Å². The van der Waals surface area contributed by atoms with E-state index in [1.807, 2.05) is 83.2 Å². The van der Waals surface area contributed by atoms with Gasteiger partial charge in [-0.3, -0.25) is 18.9 Å². The number of aliphatic carboxylic acids is 1. The Morgan fingerprint density at radius 2 is 1.55 bits per heavy atom. The van der Waals surface area contributed by atoms with E-state index in [-0.39, 0.29) is 16.2 Å². The van der Waals surface area contributed by atoms with Gasteiger partial charge >= 0.3 is 5.97 Å². The Balaban J connectivity index is 1.74. The molecule has 0 saturated heterocycles. The molecule has 0 unspecified atom stereocenters. The zero-order valence-corrected chi connectivity index (χ0v) is 32.6. The molecule has 10 nitrogen and oxygen atoms in total. The van der Waals surface area contributed by atoms with Gasteiger partial charge in [-0.05, 0) is 97.4 Å². The van der Waals surface area contributed by atoms with Gasteiger partial charge in [0, 0.05) is 47.4 Å². The number of unbranched alkanes of at least 4 members (excludes halogenated alkanes) is 2. The van der Waals surface area contributed by atoms with E-state index < -0.39 is 37.0 Å². The molecule has 1 aliphatic carbocycles. The molecule has 0 fully saturated rings. The van der Waals surface area contributed by atoms with Crippen LogP contribution in [0.3, 0.4) is 0 Å². The fraction of sp³-hybridized carbons (Fsp3) is 0.366. The third kappa shape index (κ3) is 10.6. The van der Waals surface area contributed by atoms with Crippen LogP contribution in [0.2, 0.25) is 0 Å². The van der Waals surface area contributed by atoms with Gasteiger partial charge in [0.15, 0.2) is 0 Å². The molecule has 3 N–H and O–H groups in total. The standard InChI is InChI=1S/C41H50N2O8S2/c1-30-22-23-32(52(46,47)48)28-34(30)40(2,3)37(42-26-15-18-31-16-10-7-6-8-11-17-31)19-14-20-38-41(4,5)35-29-33(53(49,50)51)24-25-36(35)43(38)27-13-9-12-21-39(44)45/h6-8,10-11,14,16-17,19-20,22-25,28-29H,9,12-13,15,18,21,26-27H2,1-5H3,(H,44,45)(H,46,47,48)(H,49,50,51)/b7-6-,8-6?,10-7?,11-8-,16-10-,17-11?,19-14+,31-16?,31-17+,38-20+,42-37+. The van der Waals surface area contributed by atoms with Crippen LogP contribution in [-0.2, 0) is 35.9 Å². The SMILES string of the molecule is Cc1ccc(S(=O)(=O)O)cc1C(C)(C)C(/C=C/C=C1/N(CCCCCC(=O)O)c2ccc(S(=O)(=O)O)cc2C1(C)C)=N/CCCC1=C/C=C\C=C/C=C\1. The number of carbonyl (C=O) groups is 1. The Bertz CT molecular complexity index is 2130. The lowest BCUT2D eigenvalue weighted by Crippen LogP contribution is -2.29. The van der Waals surface area contributed by atoms with Crippen molar-refractivity contribution in [2.75, 3.05) is 18.0 Å². The van der Waals surface area contributed by atoms with Crippen LogP contribution < -0.4 is 4.90 Å². The summed E-state index contributed by atoms with van der Waals surface area (Å²) in [5.41, 5.74) is 4.35. The third-order valence-electron chi connectivity index (χ3n) is 9.73. The van der Waals surface area contributed by atoms with Crippen molar-refractivity contribution in [2.24, 2.45) is 4.99 Å². The highest BCUT2D eigenvalue weighted by atomic mass is 32.2. The molecule has 0 bridgehead atoms. The predicted octanol–water partition coefficient (Wildman–Crippen LogP) is 8.48. The summed E-state index contributed by atoms with van der Waals surface area (Å²) < 4.78 is 68.1. The van der Waals surface area contributed by atoms with Crippen LogP contribution >= 0.6 is 0 Å². The molecule has 0 atom stereocenters. The molecule has 2 aromatic carbocycles. The molecule has 284 valence electrons. The lowest BCUT2D eigenvalue weighted by atomic mass is 9.77. The van der Waals surface area contributed by atoms with Crippen LogP contribution in [0, 0.1) is 6.92 Å². The second-order valence-corrected chi connectivity index (χ2v) is 17.2. The fourth-order valence-electron chi connectivity index (χ4n) is 6.80. The molecular weight excluding hydrogens is 713 g/mol. The highest BCUT2D eigenvalue weighted by Gasteiger charge is 2.40. The van der Waals surface area contributed by atoms with E-state index in [0.717, 1.165) is 35.4 Å². The van der Waals surface area contributed by atoms with E-state index in [9.17, 15) is 30.7 Å². The molecule has 12 heteroatoms. The van der Waals surface area contributed by atoms with Gasteiger partial charge in [-0.1, -0.05) is 88.8 Å². The van der Waals surface area contributed by atoms with E-state index >= 15 is 0 Å². The number of carboxylic acid groups (broad SMARTS) is 1. The zero-order chi connectivity index (χ0) is 39.0. The summed E-state index contributed by atoms with van der Waals surface area (Å²) in [5.74, 6) is -0.843. The van der Waals surface area contributed by atoms with Crippen molar-refractivity contribution in [3.8, 4) is 0 Å². The van der Waals surface area contributed by atoms with Gasteiger partial charge in [0.25, 0.3) is 20.2 Å². The average molecular weight is 763 g/mol. The highest BCUT2D eigenvalue weighted by molar-refractivity contribution is 7.86. The van der Waals surface area contributed by atoms with Crippen molar-refractivity contribution in [3.05, 3.63) is 125 Å². The number of rotatable bonds is 16. The maximum atomic E-state index is 12.1. The van der Waals surface area contributed by atoms with Gasteiger partial charge in [0.2, 0.25) is 0 Å². The molecule has 0 spiro atoms. The van der Waals surface area contributed by atoms with Crippen molar-refractivity contribution >= 4 is 37.6 Å². The third-order valence-corrected chi connectivity index (χ3v) is 11.4. The van der Waals surface area contributed by atoms with Crippen molar-refractivity contribution in [1.29, 1.82) is 0 Å². The molecule has 1 aliphatic heterocycles. The Morgan fingerprint density at radius 3 is 2.25 bits per heavy atom. The number of carboxylic acids is 1. The minimum absolute atomic E-state index is 0.0818. The number of benzene rings is 2. The van der Waals surface area contributed by atoms with Crippen LogP contribution in [0.1, 0.15) is 82.9 Å². The maximum Gasteiger partial charge on any atom is 0.303 e. The molecule has 0 amide bonds.